The Kier molecular flexibility index (Phi) is 3.45. The normalized spacial score (nSPS) is 15.1. The molecule has 0 spiro atoms. The molecule has 0 fully saturated rings. The van der Waals surface area contributed by atoms with Gasteiger partial charge in [-0.05, 0) is 31.5 Å². The number of aliphatic hydroxyl groups excluding tert-OH is 1. The quantitative estimate of drug-likeness (QED) is 0.725. The van der Waals surface area contributed by atoms with Crippen molar-refractivity contribution in [2.75, 3.05) is 5.32 Å². The lowest BCUT2D eigenvalue weighted by molar-refractivity contribution is 0.177. The first kappa shape index (κ1) is 10.2. The second-order valence-electron chi connectivity index (χ2n) is 2.88. The van der Waals surface area contributed by atoms with Crippen LogP contribution in [0, 0.1) is 0 Å². The Balaban J connectivity index is 2.64. The van der Waals surface area contributed by atoms with Crippen molar-refractivity contribution in [3.63, 3.8) is 0 Å². The predicted octanol–water partition coefficient (Wildman–Crippen LogP) is 1.31. The Morgan fingerprint density at radius 2 is 2.23 bits per heavy atom. The van der Waals surface area contributed by atoms with E-state index in [2.05, 4.69) is 15.3 Å². The molecule has 4 nitrogen and oxygen atoms in total. The van der Waals surface area contributed by atoms with Crippen LogP contribution in [0.25, 0.3) is 0 Å². The lowest BCUT2D eigenvalue weighted by Gasteiger charge is -2.16. The molecule has 1 rings (SSSR count). The number of anilines is 1. The van der Waals surface area contributed by atoms with E-state index in [1.807, 2.05) is 6.92 Å². The molecule has 13 heavy (non-hydrogen) atoms. The van der Waals surface area contributed by atoms with Crippen LogP contribution in [-0.2, 0) is 0 Å². The van der Waals surface area contributed by atoms with E-state index in [0.29, 0.717) is 5.82 Å². The predicted molar refractivity (Wildman–Crippen MR) is 51.8 cm³/mol. The van der Waals surface area contributed by atoms with Gasteiger partial charge in [-0.1, -0.05) is 0 Å². The van der Waals surface area contributed by atoms with Crippen LogP contribution in [-0.4, -0.2) is 27.2 Å². The van der Waals surface area contributed by atoms with Gasteiger partial charge in [0.2, 0.25) is 5.28 Å². The van der Waals surface area contributed by atoms with E-state index in [1.54, 1.807) is 19.2 Å². The van der Waals surface area contributed by atoms with Crippen molar-refractivity contribution >= 4 is 17.4 Å². The molecule has 5 heteroatoms. The van der Waals surface area contributed by atoms with Gasteiger partial charge in [-0.25, -0.2) is 9.97 Å². The largest absolute Gasteiger partial charge is 0.391 e. The fraction of sp³-hybridized carbons (Fsp3) is 0.500. The van der Waals surface area contributed by atoms with Crippen molar-refractivity contribution in [3.05, 3.63) is 17.5 Å². The highest BCUT2D eigenvalue weighted by Gasteiger charge is 2.08. The van der Waals surface area contributed by atoms with Gasteiger partial charge >= 0.3 is 0 Å². The highest BCUT2D eigenvalue weighted by atomic mass is 35.5. The van der Waals surface area contributed by atoms with Gasteiger partial charge in [0, 0.05) is 6.20 Å². The molecule has 0 saturated carbocycles. The van der Waals surface area contributed by atoms with Gasteiger partial charge in [0.15, 0.2) is 0 Å². The van der Waals surface area contributed by atoms with Crippen LogP contribution in [0.3, 0.4) is 0 Å². The molecule has 0 radical (unpaired) electrons. The number of rotatable bonds is 3. The second-order valence-corrected chi connectivity index (χ2v) is 3.22. The molecule has 0 amide bonds. The van der Waals surface area contributed by atoms with Crippen molar-refractivity contribution in [2.45, 2.75) is 26.0 Å². The molecule has 72 valence electrons. The minimum Gasteiger partial charge on any atom is -0.391 e. The summed E-state index contributed by atoms with van der Waals surface area (Å²) in [5.41, 5.74) is 0. The number of aliphatic hydroxyl groups is 1. The van der Waals surface area contributed by atoms with Crippen molar-refractivity contribution < 1.29 is 5.11 Å². The smallest absolute Gasteiger partial charge is 0.224 e. The minimum absolute atomic E-state index is 0.0639. The van der Waals surface area contributed by atoms with Gasteiger partial charge in [0.05, 0.1) is 12.1 Å². The molecule has 2 N–H and O–H groups in total. The Morgan fingerprint density at radius 1 is 1.54 bits per heavy atom. The first-order chi connectivity index (χ1) is 6.09. The molecule has 0 aliphatic heterocycles. The molecular formula is C8H12ClN3O. The maximum Gasteiger partial charge on any atom is 0.224 e. The zero-order valence-corrected chi connectivity index (χ0v) is 8.28. The molecule has 1 aromatic rings. The highest BCUT2D eigenvalue weighted by molar-refractivity contribution is 6.28. The second kappa shape index (κ2) is 4.39. The fourth-order valence-electron chi connectivity index (χ4n) is 0.769. The van der Waals surface area contributed by atoms with Crippen LogP contribution in [0.5, 0.6) is 0 Å². The third kappa shape index (κ3) is 3.16. The summed E-state index contributed by atoms with van der Waals surface area (Å²) in [6.45, 7) is 3.57. The van der Waals surface area contributed by atoms with Crippen LogP contribution < -0.4 is 5.32 Å². The SMILES string of the molecule is C[C@H](O)[C@H](C)Nc1ccnc(Cl)n1. The molecule has 1 heterocycles. The molecule has 0 saturated heterocycles. The van der Waals surface area contributed by atoms with E-state index in [9.17, 15) is 5.11 Å². The number of nitrogens with zero attached hydrogens (tertiary/aromatic N) is 2. The summed E-state index contributed by atoms with van der Waals surface area (Å²) in [6, 6.07) is 1.64. The summed E-state index contributed by atoms with van der Waals surface area (Å²) in [5, 5.41) is 12.4. The molecule has 0 bridgehead atoms. The van der Waals surface area contributed by atoms with Gasteiger partial charge in [0.1, 0.15) is 5.82 Å². The van der Waals surface area contributed by atoms with Crippen LogP contribution in [0.1, 0.15) is 13.8 Å². The number of aromatic nitrogens is 2. The van der Waals surface area contributed by atoms with Crippen molar-refractivity contribution in [1.82, 2.24) is 9.97 Å². The topological polar surface area (TPSA) is 58.0 Å². The van der Waals surface area contributed by atoms with Gasteiger partial charge in [0.25, 0.3) is 0 Å². The molecule has 2 atom stereocenters. The standard InChI is InChI=1S/C8H12ClN3O/c1-5(6(2)13)11-7-3-4-10-8(9)12-7/h3-6,13H,1-2H3,(H,10,11,12)/t5-,6-/m0/s1. The third-order valence-electron chi connectivity index (χ3n) is 1.73. The molecule has 1 aromatic heterocycles. The number of hydrogen-bond donors (Lipinski definition) is 2. The van der Waals surface area contributed by atoms with Gasteiger partial charge in [-0.15, -0.1) is 0 Å². The minimum atomic E-state index is -0.436. The fourth-order valence-corrected chi connectivity index (χ4v) is 0.917. The average molecular weight is 202 g/mol. The van der Waals surface area contributed by atoms with Crippen LogP contribution in [0.15, 0.2) is 12.3 Å². The van der Waals surface area contributed by atoms with Gasteiger partial charge in [-0.2, -0.15) is 0 Å². The first-order valence-corrected chi connectivity index (χ1v) is 4.40. The van der Waals surface area contributed by atoms with Gasteiger partial charge < -0.3 is 10.4 Å². The Bertz CT molecular complexity index is 280. The van der Waals surface area contributed by atoms with E-state index in [4.69, 9.17) is 11.6 Å². The van der Waals surface area contributed by atoms with Crippen LogP contribution in [0.4, 0.5) is 5.82 Å². The Labute approximate surface area is 82.0 Å². The van der Waals surface area contributed by atoms with Crippen LogP contribution in [0.2, 0.25) is 5.28 Å². The molecular weight excluding hydrogens is 190 g/mol. The van der Waals surface area contributed by atoms with E-state index in [0.717, 1.165) is 0 Å². The van der Waals surface area contributed by atoms with Gasteiger partial charge in [-0.3, -0.25) is 0 Å². The summed E-state index contributed by atoms with van der Waals surface area (Å²) in [7, 11) is 0. The number of halogens is 1. The summed E-state index contributed by atoms with van der Waals surface area (Å²) >= 11 is 5.58. The van der Waals surface area contributed by atoms with E-state index < -0.39 is 6.10 Å². The van der Waals surface area contributed by atoms with Crippen molar-refractivity contribution in [1.29, 1.82) is 0 Å². The lowest BCUT2D eigenvalue weighted by atomic mass is 10.2. The first-order valence-electron chi connectivity index (χ1n) is 4.02. The number of nitrogens with one attached hydrogen (secondary N) is 1. The molecule has 0 aromatic carbocycles. The van der Waals surface area contributed by atoms with Crippen molar-refractivity contribution in [3.8, 4) is 0 Å². The van der Waals surface area contributed by atoms with E-state index in [1.165, 1.54) is 0 Å². The van der Waals surface area contributed by atoms with E-state index >= 15 is 0 Å². The average Bonchev–Trinajstić information content (AvgIpc) is 2.04. The Morgan fingerprint density at radius 3 is 2.77 bits per heavy atom. The maximum absolute atomic E-state index is 9.21. The van der Waals surface area contributed by atoms with Crippen molar-refractivity contribution in [2.24, 2.45) is 0 Å². The van der Waals surface area contributed by atoms with Crippen LogP contribution >= 0.6 is 11.6 Å². The maximum atomic E-state index is 9.21. The molecule has 0 unspecified atom stereocenters. The monoisotopic (exact) mass is 201 g/mol. The summed E-state index contributed by atoms with van der Waals surface area (Å²) < 4.78 is 0. The highest BCUT2D eigenvalue weighted by Crippen LogP contribution is 2.08. The number of hydrogen-bond acceptors (Lipinski definition) is 4. The lowest BCUT2D eigenvalue weighted by Crippen LogP contribution is -2.28. The molecule has 0 aliphatic carbocycles. The third-order valence-corrected chi connectivity index (χ3v) is 1.91. The summed E-state index contributed by atoms with van der Waals surface area (Å²) in [4.78, 5) is 7.67. The molecule has 0 aliphatic rings. The summed E-state index contributed by atoms with van der Waals surface area (Å²) in [6.07, 6.45) is 1.13. The zero-order valence-electron chi connectivity index (χ0n) is 7.53. The summed E-state index contributed by atoms with van der Waals surface area (Å²) in [5.74, 6) is 0.619. The van der Waals surface area contributed by atoms with E-state index in [-0.39, 0.29) is 11.3 Å². The zero-order chi connectivity index (χ0) is 9.84. The Hall–Kier alpha value is -0.870.